The Kier molecular flexibility index (Phi) is 15.7. The Morgan fingerprint density at radius 3 is 2.00 bits per heavy atom. The molecule has 0 amide bonds. The van der Waals surface area contributed by atoms with Gasteiger partial charge in [0, 0.05) is 5.56 Å². The Bertz CT molecular complexity index is 1170. The first-order chi connectivity index (χ1) is 19.8. The number of aromatic hydroxyl groups is 1. The molecule has 234 valence electrons. The van der Waals surface area contributed by atoms with Gasteiger partial charge in [-0.3, -0.25) is 0 Å². The molecule has 43 heavy (non-hydrogen) atoms. The number of phenols is 1. The van der Waals surface area contributed by atoms with Crippen molar-refractivity contribution >= 4 is 18.6 Å². The van der Waals surface area contributed by atoms with Gasteiger partial charge in [0.15, 0.2) is 0 Å². The van der Waals surface area contributed by atoms with Crippen LogP contribution in [0.2, 0.25) is 0 Å². The predicted molar refractivity (Wildman–Crippen MR) is 180 cm³/mol. The topological polar surface area (TPSA) is 46.5 Å². The first-order valence-electron chi connectivity index (χ1n) is 16.6. The summed E-state index contributed by atoms with van der Waals surface area (Å²) in [5.41, 5.74) is 5.55. The van der Waals surface area contributed by atoms with Crippen molar-refractivity contribution in [3.8, 4) is 11.5 Å². The number of carbonyl (C=O) groups is 1. The van der Waals surface area contributed by atoms with Crippen molar-refractivity contribution < 1.29 is 44.2 Å². The smallest absolute Gasteiger partial charge is 0.785 e. The van der Waals surface area contributed by atoms with E-state index in [9.17, 15) is 9.90 Å². The van der Waals surface area contributed by atoms with E-state index in [1.54, 1.807) is 12.1 Å². The molecule has 0 saturated carbocycles. The fraction of sp³-hybridized carbons (Fsp3) is 0.658. The maximum atomic E-state index is 13.0. The van der Waals surface area contributed by atoms with Gasteiger partial charge in [0.1, 0.15) is 11.5 Å². The third-order valence-electron chi connectivity index (χ3n) is 9.88. The molecule has 0 spiro atoms. The van der Waals surface area contributed by atoms with Crippen LogP contribution in [-0.2, 0) is 25.5 Å². The van der Waals surface area contributed by atoms with Gasteiger partial charge in [-0.05, 0) is 91.5 Å². The van der Waals surface area contributed by atoms with Gasteiger partial charge in [0.25, 0.3) is 0 Å². The second kappa shape index (κ2) is 17.7. The Balaban J connectivity index is 0.00000645. The zero-order valence-corrected chi connectivity index (χ0v) is 31.6. The van der Waals surface area contributed by atoms with Crippen molar-refractivity contribution in [3.05, 3.63) is 57.6 Å². The standard InChI is InChI=1S/C38H58O3S.Na/c1-25(2)12-9-13-26(3)14-10-15-27(4)16-11-22-38(8)23-21-33-28(5)36(29(6)35(39)34(33)24-38)41-37(40)32-19-17-31(18-20-32)30(7)42;/h17-20,25-27,30,39,42H,9-16,21-24H2,1-8H3;/q;+1/p-1. The van der Waals surface area contributed by atoms with E-state index in [0.29, 0.717) is 22.6 Å². The molecule has 0 bridgehead atoms. The monoisotopic (exact) mass is 616 g/mol. The summed E-state index contributed by atoms with van der Waals surface area (Å²) < 4.78 is 5.90. The summed E-state index contributed by atoms with van der Waals surface area (Å²) in [6, 6.07) is 7.31. The number of esters is 1. The van der Waals surface area contributed by atoms with E-state index in [0.717, 1.165) is 59.3 Å². The van der Waals surface area contributed by atoms with Crippen LogP contribution in [0, 0.1) is 37.0 Å². The van der Waals surface area contributed by atoms with Gasteiger partial charge in [-0.2, -0.15) is 0 Å². The molecule has 4 atom stereocenters. The summed E-state index contributed by atoms with van der Waals surface area (Å²) in [7, 11) is 0. The fourth-order valence-corrected chi connectivity index (χ4v) is 7.01. The van der Waals surface area contributed by atoms with Crippen LogP contribution in [-0.4, -0.2) is 11.1 Å². The van der Waals surface area contributed by atoms with Crippen molar-refractivity contribution in [2.24, 2.45) is 23.2 Å². The average molecular weight is 617 g/mol. The zero-order valence-electron chi connectivity index (χ0n) is 28.8. The molecule has 0 aliphatic heterocycles. The summed E-state index contributed by atoms with van der Waals surface area (Å²) in [6.45, 7) is 17.8. The number of rotatable bonds is 15. The molecule has 0 fully saturated rings. The zero-order chi connectivity index (χ0) is 31.0. The number of fused-ring (bicyclic) bond motifs is 1. The molecule has 0 aromatic heterocycles. The largest absolute Gasteiger partial charge is 1.00 e. The predicted octanol–water partition coefficient (Wildman–Crippen LogP) is 7.77. The first kappa shape index (κ1) is 38.2. The van der Waals surface area contributed by atoms with Crippen LogP contribution in [0.15, 0.2) is 24.3 Å². The van der Waals surface area contributed by atoms with E-state index in [1.165, 1.54) is 57.8 Å². The molecular weight excluding hydrogens is 559 g/mol. The Morgan fingerprint density at radius 1 is 0.884 bits per heavy atom. The van der Waals surface area contributed by atoms with E-state index in [-0.39, 0.29) is 40.2 Å². The van der Waals surface area contributed by atoms with Crippen molar-refractivity contribution in [3.63, 3.8) is 0 Å². The van der Waals surface area contributed by atoms with Gasteiger partial charge < -0.3 is 22.5 Å². The fourth-order valence-electron chi connectivity index (χ4n) is 6.86. The number of ether oxygens (including phenoxy) is 1. The molecule has 2 aromatic rings. The molecule has 0 saturated heterocycles. The summed E-state index contributed by atoms with van der Waals surface area (Å²) >= 11 is 5.31. The molecule has 3 rings (SSSR count). The number of carbonyl (C=O) groups excluding carboxylic acids is 1. The SMILES string of the molecule is Cc1c(O)c2c(c(C)c1OC(=O)c1ccc(C(C)[S-])cc1)CCC(C)(CCCC(C)CCCC(C)CCCC(C)C)C2.[Na+]. The molecule has 0 heterocycles. The minimum Gasteiger partial charge on any atom is -0.785 e. The van der Waals surface area contributed by atoms with Crippen LogP contribution in [0.25, 0.3) is 0 Å². The summed E-state index contributed by atoms with van der Waals surface area (Å²) in [4.78, 5) is 13.0. The van der Waals surface area contributed by atoms with Gasteiger partial charge >= 0.3 is 35.5 Å². The third-order valence-corrected chi connectivity index (χ3v) is 10.2. The second-order valence-corrected chi connectivity index (χ2v) is 15.1. The van der Waals surface area contributed by atoms with Crippen LogP contribution in [0.5, 0.6) is 11.5 Å². The number of hydrogen-bond acceptors (Lipinski definition) is 4. The van der Waals surface area contributed by atoms with Gasteiger partial charge in [-0.15, -0.1) is 5.25 Å². The molecule has 0 radical (unpaired) electrons. The molecule has 4 unspecified atom stereocenters. The third kappa shape index (κ3) is 11.1. The van der Waals surface area contributed by atoms with Gasteiger partial charge in [-0.25, -0.2) is 4.79 Å². The molecular formula is C38H57NaO3S. The van der Waals surface area contributed by atoms with E-state index in [4.69, 9.17) is 17.4 Å². The normalized spacial score (nSPS) is 18.5. The molecule has 5 heteroatoms. The number of benzene rings is 2. The maximum Gasteiger partial charge on any atom is 1.00 e. The van der Waals surface area contributed by atoms with E-state index in [1.807, 2.05) is 32.9 Å². The van der Waals surface area contributed by atoms with Crippen LogP contribution >= 0.6 is 0 Å². The van der Waals surface area contributed by atoms with Gasteiger partial charge in [0.2, 0.25) is 0 Å². The van der Waals surface area contributed by atoms with Crippen molar-refractivity contribution in [2.45, 2.75) is 138 Å². The second-order valence-electron chi connectivity index (χ2n) is 14.4. The minimum absolute atomic E-state index is 0. The first-order valence-corrected chi connectivity index (χ1v) is 17.1. The van der Waals surface area contributed by atoms with E-state index >= 15 is 0 Å². The Morgan fingerprint density at radius 2 is 1.44 bits per heavy atom. The van der Waals surface area contributed by atoms with Crippen LogP contribution in [0.1, 0.15) is 149 Å². The van der Waals surface area contributed by atoms with Gasteiger partial charge in [0.05, 0.1) is 5.56 Å². The van der Waals surface area contributed by atoms with Crippen LogP contribution < -0.4 is 34.3 Å². The van der Waals surface area contributed by atoms with Crippen molar-refractivity contribution in [2.75, 3.05) is 0 Å². The quantitative estimate of drug-likeness (QED) is 0.0961. The molecule has 1 aliphatic rings. The van der Waals surface area contributed by atoms with Crippen LogP contribution in [0.3, 0.4) is 0 Å². The molecule has 2 aromatic carbocycles. The summed E-state index contributed by atoms with van der Waals surface area (Å²) in [6.07, 6.45) is 14.8. The Hall–Kier alpha value is -0.940. The number of phenolic OH excluding ortho intramolecular Hbond substituents is 1. The molecule has 1 aliphatic carbocycles. The number of hydrogen-bond donors (Lipinski definition) is 1. The summed E-state index contributed by atoms with van der Waals surface area (Å²) in [5.74, 6) is 2.86. The molecule has 1 N–H and O–H groups in total. The maximum absolute atomic E-state index is 13.0. The van der Waals surface area contributed by atoms with E-state index in [2.05, 4.69) is 34.6 Å². The van der Waals surface area contributed by atoms with E-state index < -0.39 is 5.97 Å². The average Bonchev–Trinajstić information content (AvgIpc) is 2.93. The Labute approximate surface area is 291 Å². The van der Waals surface area contributed by atoms with Gasteiger partial charge in [-0.1, -0.05) is 111 Å². The molecule has 3 nitrogen and oxygen atoms in total. The van der Waals surface area contributed by atoms with Crippen molar-refractivity contribution in [1.29, 1.82) is 0 Å². The van der Waals surface area contributed by atoms with Crippen LogP contribution in [0.4, 0.5) is 0 Å². The van der Waals surface area contributed by atoms with Crippen molar-refractivity contribution in [1.82, 2.24) is 0 Å². The summed E-state index contributed by atoms with van der Waals surface area (Å²) in [5, 5.41) is 11.3. The minimum atomic E-state index is -0.403.